The van der Waals surface area contributed by atoms with Crippen LogP contribution in [0.3, 0.4) is 0 Å². The van der Waals surface area contributed by atoms with Crippen LogP contribution in [0.1, 0.15) is 58.1 Å². The van der Waals surface area contributed by atoms with E-state index >= 15 is 0 Å². The molecule has 1 aromatic carbocycles. The SMILES string of the molecule is CCC(CC)(CNC(=O)C(N)C1CCOCC1)NC(C)c1ccccc1. The monoisotopic (exact) mass is 361 g/mol. The van der Waals surface area contributed by atoms with Gasteiger partial charge >= 0.3 is 0 Å². The molecule has 26 heavy (non-hydrogen) atoms. The van der Waals surface area contributed by atoms with Gasteiger partial charge in [0.2, 0.25) is 5.91 Å². The van der Waals surface area contributed by atoms with Crippen molar-refractivity contribution in [3.05, 3.63) is 35.9 Å². The lowest BCUT2D eigenvalue weighted by Gasteiger charge is -2.37. The minimum atomic E-state index is -0.447. The second-order valence-corrected chi connectivity index (χ2v) is 7.46. The van der Waals surface area contributed by atoms with E-state index in [1.807, 2.05) is 6.07 Å². The van der Waals surface area contributed by atoms with Crippen molar-refractivity contribution in [1.82, 2.24) is 10.6 Å². The predicted molar refractivity (Wildman–Crippen MR) is 106 cm³/mol. The summed E-state index contributed by atoms with van der Waals surface area (Å²) < 4.78 is 5.37. The van der Waals surface area contributed by atoms with Crippen LogP contribution in [0.2, 0.25) is 0 Å². The average molecular weight is 362 g/mol. The Morgan fingerprint density at radius 1 is 1.23 bits per heavy atom. The second kappa shape index (κ2) is 10.0. The number of hydrogen-bond donors (Lipinski definition) is 3. The predicted octanol–water partition coefficient (Wildman–Crippen LogP) is 2.77. The maximum Gasteiger partial charge on any atom is 0.237 e. The molecule has 4 N–H and O–H groups in total. The van der Waals surface area contributed by atoms with Crippen LogP contribution in [0.15, 0.2) is 30.3 Å². The van der Waals surface area contributed by atoms with Gasteiger partial charge < -0.3 is 21.1 Å². The third-order valence-electron chi connectivity index (χ3n) is 5.85. The third-order valence-corrected chi connectivity index (χ3v) is 5.85. The molecule has 0 spiro atoms. The van der Waals surface area contributed by atoms with Crippen molar-refractivity contribution in [1.29, 1.82) is 0 Å². The molecule has 1 aromatic rings. The molecule has 5 nitrogen and oxygen atoms in total. The van der Waals surface area contributed by atoms with E-state index in [-0.39, 0.29) is 23.4 Å². The Labute approximate surface area is 158 Å². The van der Waals surface area contributed by atoms with Gasteiger partial charge in [0, 0.05) is 31.3 Å². The van der Waals surface area contributed by atoms with E-state index in [2.05, 4.69) is 55.7 Å². The lowest BCUT2D eigenvalue weighted by Crippen LogP contribution is -2.56. The number of carbonyl (C=O) groups excluding carboxylic acids is 1. The van der Waals surface area contributed by atoms with E-state index < -0.39 is 6.04 Å². The van der Waals surface area contributed by atoms with Gasteiger partial charge in [0.25, 0.3) is 0 Å². The van der Waals surface area contributed by atoms with Gasteiger partial charge in [-0.3, -0.25) is 4.79 Å². The first kappa shape index (κ1) is 20.9. The highest BCUT2D eigenvalue weighted by molar-refractivity contribution is 5.81. The zero-order valence-corrected chi connectivity index (χ0v) is 16.5. The van der Waals surface area contributed by atoms with Crippen LogP contribution < -0.4 is 16.4 Å². The summed E-state index contributed by atoms with van der Waals surface area (Å²) in [5.74, 6) is 0.176. The van der Waals surface area contributed by atoms with E-state index in [1.165, 1.54) is 5.56 Å². The van der Waals surface area contributed by atoms with Crippen molar-refractivity contribution < 1.29 is 9.53 Å². The molecule has 1 aliphatic rings. The Morgan fingerprint density at radius 2 is 1.85 bits per heavy atom. The fourth-order valence-electron chi connectivity index (χ4n) is 3.70. The normalized spacial score (nSPS) is 18.3. The van der Waals surface area contributed by atoms with Gasteiger partial charge in [0.15, 0.2) is 0 Å². The molecule has 146 valence electrons. The molecule has 2 atom stereocenters. The van der Waals surface area contributed by atoms with Crippen molar-refractivity contribution in [2.45, 2.75) is 64.1 Å². The first-order valence-electron chi connectivity index (χ1n) is 9.95. The Balaban J connectivity index is 1.94. The molecule has 1 fully saturated rings. The van der Waals surface area contributed by atoms with Gasteiger partial charge in [-0.2, -0.15) is 0 Å². The molecule has 0 bridgehead atoms. The maximum absolute atomic E-state index is 12.6. The largest absolute Gasteiger partial charge is 0.381 e. The second-order valence-electron chi connectivity index (χ2n) is 7.46. The zero-order chi connectivity index (χ0) is 19.0. The van der Waals surface area contributed by atoms with E-state index in [4.69, 9.17) is 10.5 Å². The van der Waals surface area contributed by atoms with E-state index in [1.54, 1.807) is 0 Å². The Hall–Kier alpha value is -1.43. The summed E-state index contributed by atoms with van der Waals surface area (Å²) in [6.45, 7) is 8.50. The van der Waals surface area contributed by atoms with E-state index in [0.29, 0.717) is 19.8 Å². The highest BCUT2D eigenvalue weighted by atomic mass is 16.5. The van der Waals surface area contributed by atoms with Crippen LogP contribution in [-0.4, -0.2) is 37.2 Å². The number of nitrogens with two attached hydrogens (primary N) is 1. The van der Waals surface area contributed by atoms with Crippen molar-refractivity contribution in [2.24, 2.45) is 11.7 Å². The van der Waals surface area contributed by atoms with Crippen LogP contribution in [0.25, 0.3) is 0 Å². The smallest absolute Gasteiger partial charge is 0.237 e. The Bertz CT molecular complexity index is 539. The summed E-state index contributed by atoms with van der Waals surface area (Å²) in [5, 5.41) is 6.86. The summed E-state index contributed by atoms with van der Waals surface area (Å²) in [4.78, 5) is 12.6. The molecule has 1 saturated heterocycles. The van der Waals surface area contributed by atoms with Gasteiger partial charge in [-0.1, -0.05) is 44.2 Å². The minimum Gasteiger partial charge on any atom is -0.381 e. The van der Waals surface area contributed by atoms with Gasteiger partial charge in [-0.25, -0.2) is 0 Å². The van der Waals surface area contributed by atoms with Crippen LogP contribution in [-0.2, 0) is 9.53 Å². The van der Waals surface area contributed by atoms with Crippen molar-refractivity contribution in [2.75, 3.05) is 19.8 Å². The molecule has 0 aromatic heterocycles. The number of amides is 1. The molecular formula is C21H35N3O2. The number of rotatable bonds is 9. The van der Waals surface area contributed by atoms with E-state index in [9.17, 15) is 4.79 Å². The lowest BCUT2D eigenvalue weighted by molar-refractivity contribution is -0.124. The van der Waals surface area contributed by atoms with Crippen molar-refractivity contribution in [3.63, 3.8) is 0 Å². The molecule has 1 amide bonds. The van der Waals surface area contributed by atoms with Crippen molar-refractivity contribution >= 4 is 5.91 Å². The summed E-state index contributed by atoms with van der Waals surface area (Å²) >= 11 is 0. The van der Waals surface area contributed by atoms with Gasteiger partial charge in [0.1, 0.15) is 0 Å². The molecule has 0 saturated carbocycles. The lowest BCUT2D eigenvalue weighted by atomic mass is 9.89. The highest BCUT2D eigenvalue weighted by Crippen LogP contribution is 2.22. The average Bonchev–Trinajstić information content (AvgIpc) is 2.71. The molecule has 2 rings (SSSR count). The molecular weight excluding hydrogens is 326 g/mol. The summed E-state index contributed by atoms with van der Waals surface area (Å²) in [6, 6.07) is 10.2. The zero-order valence-electron chi connectivity index (χ0n) is 16.5. The first-order valence-corrected chi connectivity index (χ1v) is 9.95. The highest BCUT2D eigenvalue weighted by Gasteiger charge is 2.31. The van der Waals surface area contributed by atoms with Crippen LogP contribution in [0.4, 0.5) is 0 Å². The summed E-state index contributed by atoms with van der Waals surface area (Å²) in [7, 11) is 0. The first-order chi connectivity index (χ1) is 12.5. The summed E-state index contributed by atoms with van der Waals surface area (Å²) in [6.07, 6.45) is 3.61. The minimum absolute atomic E-state index is 0.0441. The van der Waals surface area contributed by atoms with Gasteiger partial charge in [0.05, 0.1) is 6.04 Å². The van der Waals surface area contributed by atoms with Gasteiger partial charge in [-0.15, -0.1) is 0 Å². The molecule has 1 aliphatic heterocycles. The topological polar surface area (TPSA) is 76.4 Å². The van der Waals surface area contributed by atoms with Crippen LogP contribution in [0, 0.1) is 5.92 Å². The quantitative estimate of drug-likeness (QED) is 0.632. The standard InChI is InChI=1S/C21H35N3O2/c1-4-21(5-2,24-16(3)17-9-7-6-8-10-17)15-23-20(25)19(22)18-11-13-26-14-12-18/h6-10,16,18-19,24H,4-5,11-15,22H2,1-3H3,(H,23,25). The Kier molecular flexibility index (Phi) is 8.07. The summed E-state index contributed by atoms with van der Waals surface area (Å²) in [5.41, 5.74) is 7.32. The maximum atomic E-state index is 12.6. The molecule has 5 heteroatoms. The Morgan fingerprint density at radius 3 is 2.42 bits per heavy atom. The van der Waals surface area contributed by atoms with Crippen molar-refractivity contribution in [3.8, 4) is 0 Å². The molecule has 1 heterocycles. The fraction of sp³-hybridized carbons (Fsp3) is 0.667. The molecule has 0 radical (unpaired) electrons. The molecule has 2 unspecified atom stereocenters. The third kappa shape index (κ3) is 5.53. The fourth-order valence-corrected chi connectivity index (χ4v) is 3.70. The van der Waals surface area contributed by atoms with Crippen LogP contribution in [0.5, 0.6) is 0 Å². The number of carbonyl (C=O) groups is 1. The van der Waals surface area contributed by atoms with E-state index in [0.717, 1.165) is 25.7 Å². The number of nitrogens with one attached hydrogen (secondary N) is 2. The number of benzene rings is 1. The number of ether oxygens (including phenoxy) is 1. The molecule has 0 aliphatic carbocycles. The van der Waals surface area contributed by atoms with Crippen LogP contribution >= 0.6 is 0 Å². The van der Waals surface area contributed by atoms with Gasteiger partial charge in [-0.05, 0) is 44.1 Å². The number of hydrogen-bond acceptors (Lipinski definition) is 4.